The summed E-state index contributed by atoms with van der Waals surface area (Å²) in [6.45, 7) is 5.59. The van der Waals surface area contributed by atoms with Crippen molar-refractivity contribution in [3.63, 3.8) is 0 Å². The van der Waals surface area contributed by atoms with E-state index >= 15 is 0 Å². The Labute approximate surface area is 186 Å². The molecule has 3 aromatic rings. The number of halogens is 4. The summed E-state index contributed by atoms with van der Waals surface area (Å²) in [5, 5.41) is 0. The van der Waals surface area contributed by atoms with E-state index in [0.29, 0.717) is 34.6 Å². The van der Waals surface area contributed by atoms with Gasteiger partial charge >= 0.3 is 0 Å². The molecule has 0 heterocycles. The highest BCUT2D eigenvalue weighted by molar-refractivity contribution is 5.71. The zero-order chi connectivity index (χ0) is 22.8. The van der Waals surface area contributed by atoms with Gasteiger partial charge in [-0.3, -0.25) is 0 Å². The van der Waals surface area contributed by atoms with Crippen LogP contribution in [0.25, 0.3) is 22.3 Å². The SMILES string of the molecule is C=CC1CCC(c2ccc(-c3ccc(-c4ccc(CC)c(F)c4F)cc3)c(F)c2F)CC1. The number of hydrogen-bond acceptors (Lipinski definition) is 0. The minimum atomic E-state index is -0.898. The van der Waals surface area contributed by atoms with Crippen LogP contribution in [0.5, 0.6) is 0 Å². The van der Waals surface area contributed by atoms with Gasteiger partial charge in [-0.1, -0.05) is 61.5 Å². The quantitative estimate of drug-likeness (QED) is 0.276. The van der Waals surface area contributed by atoms with Crippen molar-refractivity contribution in [3.05, 3.63) is 95.6 Å². The van der Waals surface area contributed by atoms with Crippen molar-refractivity contribution in [1.29, 1.82) is 0 Å². The minimum Gasteiger partial charge on any atom is -0.203 e. The van der Waals surface area contributed by atoms with Crippen molar-refractivity contribution < 1.29 is 17.6 Å². The molecule has 0 nitrogen and oxygen atoms in total. The molecule has 0 aromatic heterocycles. The van der Waals surface area contributed by atoms with Gasteiger partial charge in [0.25, 0.3) is 0 Å². The second-order valence-electron chi connectivity index (χ2n) is 8.51. The maximum Gasteiger partial charge on any atom is 0.166 e. The van der Waals surface area contributed by atoms with Crippen LogP contribution in [-0.4, -0.2) is 0 Å². The van der Waals surface area contributed by atoms with Crippen molar-refractivity contribution in [2.24, 2.45) is 5.92 Å². The molecule has 3 aromatic carbocycles. The summed E-state index contributed by atoms with van der Waals surface area (Å²) in [6.07, 6.45) is 5.86. The van der Waals surface area contributed by atoms with E-state index in [1.807, 2.05) is 6.08 Å². The first-order valence-electron chi connectivity index (χ1n) is 11.1. The minimum absolute atomic E-state index is 0.0149. The average molecular weight is 439 g/mol. The van der Waals surface area contributed by atoms with Crippen LogP contribution >= 0.6 is 0 Å². The first kappa shape index (κ1) is 22.3. The highest BCUT2D eigenvalue weighted by Crippen LogP contribution is 2.39. The van der Waals surface area contributed by atoms with Crippen molar-refractivity contribution in [3.8, 4) is 22.3 Å². The summed E-state index contributed by atoms with van der Waals surface area (Å²) < 4.78 is 58.5. The molecule has 0 N–H and O–H groups in total. The molecule has 1 saturated carbocycles. The highest BCUT2D eigenvalue weighted by Gasteiger charge is 2.25. The van der Waals surface area contributed by atoms with Gasteiger partial charge in [0, 0.05) is 11.1 Å². The van der Waals surface area contributed by atoms with Crippen LogP contribution in [0.2, 0.25) is 0 Å². The van der Waals surface area contributed by atoms with E-state index in [0.717, 1.165) is 25.7 Å². The zero-order valence-corrected chi connectivity index (χ0v) is 18.1. The van der Waals surface area contributed by atoms with Gasteiger partial charge in [-0.25, -0.2) is 17.6 Å². The zero-order valence-electron chi connectivity index (χ0n) is 18.1. The molecule has 0 atom stereocenters. The van der Waals surface area contributed by atoms with Crippen molar-refractivity contribution in [2.45, 2.75) is 44.9 Å². The third-order valence-corrected chi connectivity index (χ3v) is 6.71. The fourth-order valence-electron chi connectivity index (χ4n) is 4.68. The van der Waals surface area contributed by atoms with E-state index in [9.17, 15) is 17.6 Å². The van der Waals surface area contributed by atoms with E-state index in [4.69, 9.17) is 0 Å². The Hall–Kier alpha value is -2.88. The maximum absolute atomic E-state index is 15.0. The van der Waals surface area contributed by atoms with Crippen LogP contribution in [0, 0.1) is 29.2 Å². The maximum atomic E-state index is 15.0. The molecule has 0 aliphatic heterocycles. The molecular formula is C28H26F4. The van der Waals surface area contributed by atoms with Crippen LogP contribution in [-0.2, 0) is 6.42 Å². The van der Waals surface area contributed by atoms with Crippen LogP contribution in [0.1, 0.15) is 49.7 Å². The second kappa shape index (κ2) is 9.32. The van der Waals surface area contributed by atoms with Crippen LogP contribution in [0.4, 0.5) is 17.6 Å². The molecule has 166 valence electrons. The molecule has 0 unspecified atom stereocenters. The van der Waals surface area contributed by atoms with Gasteiger partial charge in [-0.2, -0.15) is 0 Å². The van der Waals surface area contributed by atoms with Crippen molar-refractivity contribution in [2.75, 3.05) is 0 Å². The lowest BCUT2D eigenvalue weighted by Crippen LogP contribution is -2.13. The highest BCUT2D eigenvalue weighted by atomic mass is 19.2. The summed E-state index contributed by atoms with van der Waals surface area (Å²) in [5.74, 6) is -2.94. The number of aryl methyl sites for hydroxylation is 1. The Balaban J connectivity index is 1.60. The molecule has 0 spiro atoms. The van der Waals surface area contributed by atoms with Crippen LogP contribution in [0.3, 0.4) is 0 Å². The smallest absolute Gasteiger partial charge is 0.166 e. The third-order valence-electron chi connectivity index (χ3n) is 6.71. The topological polar surface area (TPSA) is 0 Å². The third kappa shape index (κ3) is 4.11. The van der Waals surface area contributed by atoms with Gasteiger partial charge in [0.05, 0.1) is 0 Å². The monoisotopic (exact) mass is 438 g/mol. The number of hydrogen-bond donors (Lipinski definition) is 0. The lowest BCUT2D eigenvalue weighted by molar-refractivity contribution is 0.364. The molecule has 4 heteroatoms. The van der Waals surface area contributed by atoms with Gasteiger partial charge in [-0.15, -0.1) is 6.58 Å². The Morgan fingerprint density at radius 1 is 0.719 bits per heavy atom. The fraction of sp³-hybridized carbons (Fsp3) is 0.286. The van der Waals surface area contributed by atoms with E-state index in [1.54, 1.807) is 55.5 Å². The van der Waals surface area contributed by atoms with Gasteiger partial charge in [0.1, 0.15) is 0 Å². The largest absolute Gasteiger partial charge is 0.203 e. The summed E-state index contributed by atoms with van der Waals surface area (Å²) in [6, 6.07) is 12.8. The molecule has 0 radical (unpaired) electrons. The van der Waals surface area contributed by atoms with E-state index in [1.165, 1.54) is 0 Å². The molecule has 32 heavy (non-hydrogen) atoms. The number of rotatable bonds is 5. The molecule has 0 amide bonds. The summed E-state index contributed by atoms with van der Waals surface area (Å²) in [7, 11) is 0. The summed E-state index contributed by atoms with van der Waals surface area (Å²) in [4.78, 5) is 0. The van der Waals surface area contributed by atoms with Crippen molar-refractivity contribution in [1.82, 2.24) is 0 Å². The fourth-order valence-corrected chi connectivity index (χ4v) is 4.68. The number of allylic oxidation sites excluding steroid dienone is 1. The van der Waals surface area contributed by atoms with Crippen LogP contribution in [0.15, 0.2) is 61.2 Å². The molecule has 4 rings (SSSR count). The summed E-state index contributed by atoms with van der Waals surface area (Å²) >= 11 is 0. The van der Waals surface area contributed by atoms with Gasteiger partial charge < -0.3 is 0 Å². The molecule has 0 saturated heterocycles. The van der Waals surface area contributed by atoms with Gasteiger partial charge in [0.15, 0.2) is 23.3 Å². The van der Waals surface area contributed by atoms with E-state index in [2.05, 4.69) is 6.58 Å². The Bertz CT molecular complexity index is 1120. The normalized spacial score (nSPS) is 18.5. The molecule has 1 fully saturated rings. The van der Waals surface area contributed by atoms with Gasteiger partial charge in [-0.05, 0) is 66.2 Å². The Morgan fingerprint density at radius 2 is 1.25 bits per heavy atom. The van der Waals surface area contributed by atoms with Crippen molar-refractivity contribution >= 4 is 0 Å². The molecular weight excluding hydrogens is 412 g/mol. The van der Waals surface area contributed by atoms with Gasteiger partial charge in [0.2, 0.25) is 0 Å². The molecule has 1 aliphatic carbocycles. The Morgan fingerprint density at radius 3 is 1.78 bits per heavy atom. The van der Waals surface area contributed by atoms with E-state index in [-0.39, 0.29) is 17.0 Å². The lowest BCUT2D eigenvalue weighted by atomic mass is 9.78. The lowest BCUT2D eigenvalue weighted by Gasteiger charge is -2.27. The van der Waals surface area contributed by atoms with E-state index < -0.39 is 23.3 Å². The predicted octanol–water partition coefficient (Wildman–Crippen LogP) is 8.60. The molecule has 0 bridgehead atoms. The molecule has 1 aliphatic rings. The Kier molecular flexibility index (Phi) is 6.50. The average Bonchev–Trinajstić information content (AvgIpc) is 2.83. The second-order valence-corrected chi connectivity index (χ2v) is 8.51. The first-order chi connectivity index (χ1) is 15.4. The predicted molar refractivity (Wildman–Crippen MR) is 121 cm³/mol. The standard InChI is InChI=1S/C28H26F4/c1-3-17-5-7-19(8-6-17)23-15-16-24(28(32)27(23)31)21-11-9-20(10-12-21)22-14-13-18(4-2)25(29)26(22)30/h3,9-17,19H,1,4-8H2,2H3. The summed E-state index contributed by atoms with van der Waals surface area (Å²) in [5.41, 5.74) is 2.01. The van der Waals surface area contributed by atoms with Crippen LogP contribution < -0.4 is 0 Å². The first-order valence-corrected chi connectivity index (χ1v) is 11.1. The number of benzene rings is 3.